The monoisotopic (exact) mass is 368 g/mol. The first-order valence-corrected chi connectivity index (χ1v) is 10.8. The number of benzene rings is 1. The Morgan fingerprint density at radius 2 is 1.64 bits per heavy atom. The third-order valence-electron chi connectivity index (χ3n) is 3.11. The first kappa shape index (κ1) is 24.0. The van der Waals surface area contributed by atoms with Crippen LogP contribution in [0.4, 0.5) is 0 Å². The summed E-state index contributed by atoms with van der Waals surface area (Å²) in [4.78, 5) is 0. The summed E-state index contributed by atoms with van der Waals surface area (Å²) in [6.45, 7) is 13.6. The molecule has 25 heavy (non-hydrogen) atoms. The molecule has 0 saturated heterocycles. The summed E-state index contributed by atoms with van der Waals surface area (Å²) in [7, 11) is -2.59. The van der Waals surface area contributed by atoms with Gasteiger partial charge in [-0.2, -0.15) is 0 Å². The molecule has 5 nitrogen and oxygen atoms in total. The first-order chi connectivity index (χ1) is 11.8. The third-order valence-corrected chi connectivity index (χ3v) is 6.12. The van der Waals surface area contributed by atoms with Crippen LogP contribution in [0.2, 0.25) is 6.04 Å². The Bertz CT molecular complexity index is 444. The maximum absolute atomic E-state index is 5.93. The topological polar surface area (TPSA) is 79.7 Å². The summed E-state index contributed by atoms with van der Waals surface area (Å²) in [5.41, 5.74) is 12.3. The van der Waals surface area contributed by atoms with Gasteiger partial charge in [0.25, 0.3) is 0 Å². The molecule has 0 fully saturated rings. The minimum Gasteiger partial charge on any atom is -0.374 e. The standard InChI is InChI=1S/C11H28N2O3Si.C8H8/c1-5-14-17(15-6-2,9-7-8-12)16-10-11(3,4)13;1-2-8-6-4-3-5-7-8/h5-10,12-13H2,1-4H3;2-7H,1H2. The maximum Gasteiger partial charge on any atom is 0.501 e. The summed E-state index contributed by atoms with van der Waals surface area (Å²) in [6.07, 6.45) is 2.68. The van der Waals surface area contributed by atoms with E-state index in [1.807, 2.05) is 64.1 Å². The average Bonchev–Trinajstić information content (AvgIpc) is 2.59. The van der Waals surface area contributed by atoms with Crippen LogP contribution >= 0.6 is 0 Å². The number of rotatable bonds is 11. The Hall–Kier alpha value is -1.02. The highest BCUT2D eigenvalue weighted by atomic mass is 28.4. The lowest BCUT2D eigenvalue weighted by Crippen LogP contribution is -2.51. The summed E-state index contributed by atoms with van der Waals surface area (Å²) in [5, 5.41) is 0. The number of nitrogens with two attached hydrogens (primary N) is 2. The average molecular weight is 369 g/mol. The molecule has 0 aromatic heterocycles. The molecule has 1 aromatic carbocycles. The fraction of sp³-hybridized carbons (Fsp3) is 0.579. The van der Waals surface area contributed by atoms with E-state index >= 15 is 0 Å². The van der Waals surface area contributed by atoms with Gasteiger partial charge in [0.15, 0.2) is 0 Å². The molecule has 0 aliphatic carbocycles. The molecule has 0 radical (unpaired) electrons. The molecule has 0 unspecified atom stereocenters. The number of hydrogen-bond donors (Lipinski definition) is 2. The first-order valence-electron chi connectivity index (χ1n) is 8.90. The molecule has 0 bridgehead atoms. The second-order valence-corrected chi connectivity index (χ2v) is 9.07. The Morgan fingerprint density at radius 3 is 2.00 bits per heavy atom. The predicted octanol–water partition coefficient (Wildman–Crippen LogP) is 3.43. The van der Waals surface area contributed by atoms with E-state index in [0.29, 0.717) is 26.4 Å². The van der Waals surface area contributed by atoms with Crippen molar-refractivity contribution in [3.05, 3.63) is 42.5 Å². The van der Waals surface area contributed by atoms with Crippen LogP contribution in [0.25, 0.3) is 6.08 Å². The van der Waals surface area contributed by atoms with Crippen molar-refractivity contribution in [1.82, 2.24) is 0 Å². The van der Waals surface area contributed by atoms with E-state index in [2.05, 4.69) is 6.58 Å². The van der Waals surface area contributed by atoms with Gasteiger partial charge in [-0.1, -0.05) is 43.0 Å². The molecule has 6 heteroatoms. The second kappa shape index (κ2) is 13.2. The highest BCUT2D eigenvalue weighted by Gasteiger charge is 2.41. The van der Waals surface area contributed by atoms with Gasteiger partial charge in [0.1, 0.15) is 0 Å². The Morgan fingerprint density at radius 1 is 1.08 bits per heavy atom. The SMILES string of the molecule is C=Cc1ccccc1.CCO[Si](CCCN)(OCC)OCC(C)(C)N. The molecule has 0 amide bonds. The van der Waals surface area contributed by atoms with E-state index in [1.165, 1.54) is 5.56 Å². The predicted molar refractivity (Wildman–Crippen MR) is 108 cm³/mol. The molecule has 1 aromatic rings. The minimum absolute atomic E-state index is 0.380. The molecule has 0 aliphatic rings. The zero-order chi connectivity index (χ0) is 19.2. The van der Waals surface area contributed by atoms with E-state index in [-0.39, 0.29) is 5.54 Å². The van der Waals surface area contributed by atoms with Gasteiger partial charge in [-0.3, -0.25) is 0 Å². The molecular formula is C19H36N2O3Si. The molecule has 4 N–H and O–H groups in total. The van der Waals surface area contributed by atoms with Crippen LogP contribution in [-0.4, -0.2) is 40.7 Å². The zero-order valence-corrected chi connectivity index (χ0v) is 17.3. The largest absolute Gasteiger partial charge is 0.501 e. The van der Waals surface area contributed by atoms with E-state index < -0.39 is 8.80 Å². The van der Waals surface area contributed by atoms with Crippen LogP contribution in [0.3, 0.4) is 0 Å². The second-order valence-electron chi connectivity index (χ2n) is 6.33. The van der Waals surface area contributed by atoms with Crippen molar-refractivity contribution in [1.29, 1.82) is 0 Å². The molecule has 0 atom stereocenters. The van der Waals surface area contributed by atoms with Gasteiger partial charge in [0, 0.05) is 24.8 Å². The van der Waals surface area contributed by atoms with Gasteiger partial charge in [-0.25, -0.2) is 0 Å². The van der Waals surface area contributed by atoms with Gasteiger partial charge in [0.05, 0.1) is 6.61 Å². The van der Waals surface area contributed by atoms with E-state index in [1.54, 1.807) is 0 Å². The zero-order valence-electron chi connectivity index (χ0n) is 16.3. The molecule has 0 aliphatic heterocycles. The van der Waals surface area contributed by atoms with Crippen LogP contribution in [-0.2, 0) is 13.3 Å². The van der Waals surface area contributed by atoms with Gasteiger partial charge >= 0.3 is 8.80 Å². The van der Waals surface area contributed by atoms with Gasteiger partial charge < -0.3 is 24.7 Å². The summed E-state index contributed by atoms with van der Waals surface area (Å²) < 4.78 is 17.4. The van der Waals surface area contributed by atoms with Crippen molar-refractivity contribution >= 4 is 14.9 Å². The fourth-order valence-electron chi connectivity index (χ4n) is 1.98. The van der Waals surface area contributed by atoms with Crippen molar-refractivity contribution in [3.63, 3.8) is 0 Å². The van der Waals surface area contributed by atoms with Crippen molar-refractivity contribution < 1.29 is 13.3 Å². The summed E-state index contributed by atoms with van der Waals surface area (Å²) >= 11 is 0. The van der Waals surface area contributed by atoms with Gasteiger partial charge in [-0.05, 0) is 46.2 Å². The van der Waals surface area contributed by atoms with Crippen molar-refractivity contribution in [2.45, 2.75) is 45.7 Å². The van der Waals surface area contributed by atoms with Crippen molar-refractivity contribution in [3.8, 4) is 0 Å². The molecule has 144 valence electrons. The van der Waals surface area contributed by atoms with Crippen LogP contribution in [0.1, 0.15) is 39.7 Å². The van der Waals surface area contributed by atoms with Crippen LogP contribution < -0.4 is 11.5 Å². The van der Waals surface area contributed by atoms with E-state index in [0.717, 1.165) is 12.5 Å². The van der Waals surface area contributed by atoms with Crippen LogP contribution in [0.15, 0.2) is 36.9 Å². The van der Waals surface area contributed by atoms with E-state index in [4.69, 9.17) is 24.7 Å². The lowest BCUT2D eigenvalue weighted by atomic mass is 10.1. The third kappa shape index (κ3) is 12.0. The Kier molecular flexibility index (Phi) is 12.7. The fourth-order valence-corrected chi connectivity index (χ4v) is 4.78. The number of hydrogen-bond acceptors (Lipinski definition) is 5. The van der Waals surface area contributed by atoms with Crippen molar-refractivity contribution in [2.24, 2.45) is 11.5 Å². The lowest BCUT2D eigenvalue weighted by molar-refractivity contribution is 0.0533. The highest BCUT2D eigenvalue weighted by Crippen LogP contribution is 2.19. The summed E-state index contributed by atoms with van der Waals surface area (Å²) in [6, 6.07) is 10.8. The normalized spacial score (nSPS) is 11.6. The maximum atomic E-state index is 5.93. The smallest absolute Gasteiger partial charge is 0.374 e. The molecule has 0 saturated carbocycles. The van der Waals surface area contributed by atoms with Gasteiger partial charge in [0.2, 0.25) is 0 Å². The minimum atomic E-state index is -2.59. The Labute approximate surface area is 154 Å². The quantitative estimate of drug-likeness (QED) is 0.585. The highest BCUT2D eigenvalue weighted by molar-refractivity contribution is 6.60. The summed E-state index contributed by atoms with van der Waals surface area (Å²) in [5.74, 6) is 0. The van der Waals surface area contributed by atoms with E-state index in [9.17, 15) is 0 Å². The molecule has 0 heterocycles. The molecule has 0 spiro atoms. The lowest BCUT2D eigenvalue weighted by Gasteiger charge is -2.31. The van der Waals surface area contributed by atoms with Crippen molar-refractivity contribution in [2.75, 3.05) is 26.4 Å². The van der Waals surface area contributed by atoms with Crippen LogP contribution in [0.5, 0.6) is 0 Å². The van der Waals surface area contributed by atoms with Gasteiger partial charge in [-0.15, -0.1) is 0 Å². The molecule has 1 rings (SSSR count). The Balaban J connectivity index is 0.000000593. The van der Waals surface area contributed by atoms with Crippen LogP contribution in [0, 0.1) is 0 Å². The molecular weight excluding hydrogens is 332 g/mol.